The average molecular weight is 349 g/mol. The van der Waals surface area contributed by atoms with Crippen molar-refractivity contribution in [3.05, 3.63) is 41.3 Å². The molecule has 0 bridgehead atoms. The van der Waals surface area contributed by atoms with Gasteiger partial charge < -0.3 is 14.8 Å². The number of hydrogen-bond donors (Lipinski definition) is 2. The number of rotatable bonds is 4. The van der Waals surface area contributed by atoms with E-state index in [-0.39, 0.29) is 6.10 Å². The Bertz CT molecular complexity index is 683. The first kappa shape index (κ1) is 14.4. The number of benzene rings is 1. The topological polar surface area (TPSA) is 33.3 Å². The number of nitrogens with one attached hydrogen (secondary N) is 2. The van der Waals surface area contributed by atoms with Gasteiger partial charge in [-0.05, 0) is 78.1 Å². The lowest BCUT2D eigenvalue weighted by molar-refractivity contribution is 0.173. The van der Waals surface area contributed by atoms with Crippen molar-refractivity contribution in [2.45, 2.75) is 29.6 Å². The van der Waals surface area contributed by atoms with E-state index in [1.165, 1.54) is 22.6 Å². The number of ether oxygens (including phenoxy) is 1. The maximum absolute atomic E-state index is 5.87. The van der Waals surface area contributed by atoms with Crippen LogP contribution in [0.4, 0.5) is 11.4 Å². The molecule has 1 unspecified atom stereocenters. The molecule has 22 heavy (non-hydrogen) atoms. The third-order valence-electron chi connectivity index (χ3n) is 3.93. The second kappa shape index (κ2) is 6.10. The van der Waals surface area contributed by atoms with E-state index in [2.05, 4.69) is 45.8 Å². The van der Waals surface area contributed by atoms with Gasteiger partial charge >= 0.3 is 0 Å². The Hall–Kier alpha value is -1.24. The fourth-order valence-corrected chi connectivity index (χ4v) is 4.30. The molecule has 1 saturated carbocycles. The van der Waals surface area contributed by atoms with Gasteiger partial charge in [-0.2, -0.15) is 0 Å². The zero-order valence-electron chi connectivity index (χ0n) is 11.9. The monoisotopic (exact) mass is 348 g/mol. The van der Waals surface area contributed by atoms with Gasteiger partial charge in [-0.3, -0.25) is 0 Å². The van der Waals surface area contributed by atoms with E-state index in [4.69, 9.17) is 17.0 Å². The SMILES string of the molecule is S=C1Nc2ccc(NSc3cccs3)cc2CC(C2CC2)O1. The molecule has 2 aliphatic rings. The molecule has 1 atom stereocenters. The molecule has 3 nitrogen and oxygen atoms in total. The van der Waals surface area contributed by atoms with Gasteiger partial charge in [0.2, 0.25) is 0 Å². The van der Waals surface area contributed by atoms with Crippen molar-refractivity contribution < 1.29 is 4.74 Å². The highest BCUT2D eigenvalue weighted by Crippen LogP contribution is 2.39. The van der Waals surface area contributed by atoms with E-state index in [1.807, 2.05) is 0 Å². The van der Waals surface area contributed by atoms with Crippen LogP contribution in [0.15, 0.2) is 39.9 Å². The van der Waals surface area contributed by atoms with Crippen molar-refractivity contribution >= 4 is 52.1 Å². The smallest absolute Gasteiger partial charge is 0.261 e. The summed E-state index contributed by atoms with van der Waals surface area (Å²) in [6.07, 6.45) is 3.66. The predicted octanol–water partition coefficient (Wildman–Crippen LogP) is 4.92. The fraction of sp³-hybridized carbons (Fsp3) is 0.312. The van der Waals surface area contributed by atoms with Crippen LogP contribution in [0.25, 0.3) is 0 Å². The highest BCUT2D eigenvalue weighted by Gasteiger charge is 2.35. The second-order valence-electron chi connectivity index (χ2n) is 5.62. The fourth-order valence-electron chi connectivity index (χ4n) is 2.65. The molecule has 114 valence electrons. The van der Waals surface area contributed by atoms with Crippen LogP contribution in [0.2, 0.25) is 0 Å². The summed E-state index contributed by atoms with van der Waals surface area (Å²) in [6.45, 7) is 0. The Morgan fingerprint density at radius 1 is 1.32 bits per heavy atom. The summed E-state index contributed by atoms with van der Waals surface area (Å²) in [5.74, 6) is 0.669. The lowest BCUT2D eigenvalue weighted by atomic mass is 10.0. The molecule has 2 N–H and O–H groups in total. The molecule has 6 heteroatoms. The Labute approximate surface area is 143 Å². The van der Waals surface area contributed by atoms with Crippen molar-refractivity contribution in [2.24, 2.45) is 5.92 Å². The first-order chi connectivity index (χ1) is 10.8. The third kappa shape index (κ3) is 3.24. The van der Waals surface area contributed by atoms with Crippen molar-refractivity contribution in [3.8, 4) is 0 Å². The molecule has 0 spiro atoms. The second-order valence-corrected chi connectivity index (χ2v) is 8.04. The highest BCUT2D eigenvalue weighted by atomic mass is 32.2. The molecule has 1 aromatic heterocycles. The van der Waals surface area contributed by atoms with Crippen LogP contribution < -0.4 is 10.0 Å². The van der Waals surface area contributed by atoms with Gasteiger partial charge in [0.25, 0.3) is 5.17 Å². The minimum absolute atomic E-state index is 0.224. The number of anilines is 2. The molecule has 2 heterocycles. The largest absolute Gasteiger partial charge is 0.467 e. The summed E-state index contributed by atoms with van der Waals surface area (Å²) in [5, 5.41) is 5.80. The Morgan fingerprint density at radius 3 is 3.00 bits per heavy atom. The molecule has 1 aliphatic carbocycles. The lowest BCUT2D eigenvalue weighted by Gasteiger charge is -2.15. The van der Waals surface area contributed by atoms with Crippen LogP contribution in [0.5, 0.6) is 0 Å². The van der Waals surface area contributed by atoms with Crippen molar-refractivity contribution in [3.63, 3.8) is 0 Å². The van der Waals surface area contributed by atoms with Gasteiger partial charge in [-0.25, -0.2) is 0 Å². The van der Waals surface area contributed by atoms with Crippen LogP contribution in [-0.2, 0) is 11.2 Å². The van der Waals surface area contributed by atoms with E-state index in [9.17, 15) is 0 Å². The Kier molecular flexibility index (Phi) is 3.98. The standard InChI is InChI=1S/C16H16N2OS3/c20-16-17-13-6-5-12(18-22-15-2-1-7-21-15)8-11(13)9-14(19-16)10-3-4-10/h1-2,5-8,10,14,18H,3-4,9H2,(H,17,20). The van der Waals surface area contributed by atoms with Crippen LogP contribution in [0.3, 0.4) is 0 Å². The van der Waals surface area contributed by atoms with E-state index >= 15 is 0 Å². The first-order valence-electron chi connectivity index (χ1n) is 7.35. The quantitative estimate of drug-likeness (QED) is 0.606. The zero-order valence-corrected chi connectivity index (χ0v) is 14.3. The van der Waals surface area contributed by atoms with Gasteiger partial charge in [0.05, 0.1) is 4.21 Å². The first-order valence-corrected chi connectivity index (χ1v) is 9.45. The van der Waals surface area contributed by atoms with E-state index in [1.54, 1.807) is 23.3 Å². The van der Waals surface area contributed by atoms with Crippen LogP contribution in [0.1, 0.15) is 18.4 Å². The summed E-state index contributed by atoms with van der Waals surface area (Å²) < 4.78 is 10.5. The number of fused-ring (bicyclic) bond motifs is 1. The normalized spacial score (nSPS) is 20.5. The molecule has 0 radical (unpaired) electrons. The van der Waals surface area contributed by atoms with Gasteiger partial charge in [-0.1, -0.05) is 6.07 Å². The van der Waals surface area contributed by atoms with E-state index in [0.717, 1.165) is 17.8 Å². The van der Waals surface area contributed by atoms with Crippen molar-refractivity contribution in [1.82, 2.24) is 0 Å². The summed E-state index contributed by atoms with van der Waals surface area (Å²) in [7, 11) is 0. The van der Waals surface area contributed by atoms with Crippen LogP contribution in [0, 0.1) is 5.92 Å². The molecule has 1 fully saturated rings. The lowest BCUT2D eigenvalue weighted by Crippen LogP contribution is -2.22. The molecule has 2 aromatic rings. The minimum Gasteiger partial charge on any atom is -0.467 e. The molecule has 1 aliphatic heterocycles. The summed E-state index contributed by atoms with van der Waals surface area (Å²) in [4.78, 5) is 0. The molecule has 0 amide bonds. The predicted molar refractivity (Wildman–Crippen MR) is 97.8 cm³/mol. The molecule has 1 aromatic carbocycles. The van der Waals surface area contributed by atoms with E-state index < -0.39 is 0 Å². The molecule has 0 saturated heterocycles. The minimum atomic E-state index is 0.224. The third-order valence-corrected chi connectivity index (χ3v) is 6.01. The summed E-state index contributed by atoms with van der Waals surface area (Å²) in [5.41, 5.74) is 3.45. The Balaban J connectivity index is 1.52. The average Bonchev–Trinajstić information content (AvgIpc) is 3.25. The summed E-state index contributed by atoms with van der Waals surface area (Å²) in [6, 6.07) is 10.5. The molecular weight excluding hydrogens is 332 g/mol. The van der Waals surface area contributed by atoms with Crippen LogP contribution >= 0.6 is 35.5 Å². The molecule has 4 rings (SSSR count). The van der Waals surface area contributed by atoms with Gasteiger partial charge in [0.15, 0.2) is 0 Å². The van der Waals surface area contributed by atoms with Crippen LogP contribution in [-0.4, -0.2) is 11.3 Å². The van der Waals surface area contributed by atoms with Crippen molar-refractivity contribution in [2.75, 3.05) is 10.0 Å². The van der Waals surface area contributed by atoms with Crippen molar-refractivity contribution in [1.29, 1.82) is 0 Å². The zero-order chi connectivity index (χ0) is 14.9. The highest BCUT2D eigenvalue weighted by molar-refractivity contribution is 8.02. The van der Waals surface area contributed by atoms with E-state index in [0.29, 0.717) is 11.1 Å². The molecular formula is C16H16N2OS3. The number of hydrogen-bond acceptors (Lipinski definition) is 5. The maximum Gasteiger partial charge on any atom is 0.261 e. The Morgan fingerprint density at radius 2 is 2.23 bits per heavy atom. The van der Waals surface area contributed by atoms with Gasteiger partial charge in [0.1, 0.15) is 6.10 Å². The van der Waals surface area contributed by atoms with Gasteiger partial charge in [-0.15, -0.1) is 11.3 Å². The maximum atomic E-state index is 5.87. The number of thiophene rings is 1. The van der Waals surface area contributed by atoms with Gasteiger partial charge in [0, 0.05) is 17.8 Å². The number of thiocarbonyl (C=S) groups is 1. The summed E-state index contributed by atoms with van der Waals surface area (Å²) >= 11 is 8.66.